The Labute approximate surface area is 103 Å². The Bertz CT molecular complexity index is 482. The van der Waals surface area contributed by atoms with Crippen molar-refractivity contribution < 1.29 is 14.2 Å². The molecule has 0 amide bonds. The van der Waals surface area contributed by atoms with E-state index in [0.717, 1.165) is 5.56 Å². The predicted octanol–water partition coefficient (Wildman–Crippen LogP) is 3.17. The van der Waals surface area contributed by atoms with Crippen molar-refractivity contribution >= 4 is 11.3 Å². The number of rotatable bonds is 4. The van der Waals surface area contributed by atoms with Crippen molar-refractivity contribution in [2.45, 2.75) is 12.5 Å². The van der Waals surface area contributed by atoms with Crippen LogP contribution in [0, 0.1) is 5.82 Å². The Balaban J connectivity index is 2.16. The van der Waals surface area contributed by atoms with Gasteiger partial charge in [0.2, 0.25) is 0 Å². The zero-order valence-corrected chi connectivity index (χ0v) is 10.2. The molecule has 1 atom stereocenters. The van der Waals surface area contributed by atoms with Gasteiger partial charge in [0.05, 0.1) is 13.2 Å². The van der Waals surface area contributed by atoms with Crippen LogP contribution >= 0.6 is 11.3 Å². The molecule has 1 aromatic heterocycles. The third-order valence-corrected chi connectivity index (χ3v) is 3.30. The fraction of sp³-hybridized carbons (Fsp3) is 0.231. The first kappa shape index (κ1) is 12.1. The van der Waals surface area contributed by atoms with Gasteiger partial charge in [-0.3, -0.25) is 0 Å². The Morgan fingerprint density at radius 3 is 2.88 bits per heavy atom. The van der Waals surface area contributed by atoms with Gasteiger partial charge in [0.1, 0.15) is 0 Å². The number of halogens is 1. The molecule has 0 fully saturated rings. The van der Waals surface area contributed by atoms with E-state index >= 15 is 0 Å². The molecule has 1 aromatic carbocycles. The van der Waals surface area contributed by atoms with Crippen LogP contribution in [-0.4, -0.2) is 12.2 Å². The Hall–Kier alpha value is -1.39. The number of ether oxygens (including phenoxy) is 1. The lowest BCUT2D eigenvalue weighted by molar-refractivity contribution is 0.178. The van der Waals surface area contributed by atoms with Gasteiger partial charge in [0, 0.05) is 6.42 Å². The maximum Gasteiger partial charge on any atom is 0.165 e. The highest BCUT2D eigenvalue weighted by Gasteiger charge is 2.12. The molecule has 90 valence electrons. The molecule has 0 saturated carbocycles. The second-order valence-corrected chi connectivity index (χ2v) is 4.53. The standard InChI is InChI=1S/C13H13FO2S/c1-16-13-7-10(2-3-11(13)14)12(15)6-9-4-5-17-8-9/h2-5,7-8,12,15H,6H2,1H3. The molecule has 1 heterocycles. The van der Waals surface area contributed by atoms with Gasteiger partial charge in [-0.25, -0.2) is 4.39 Å². The minimum absolute atomic E-state index is 0.159. The number of methoxy groups -OCH3 is 1. The van der Waals surface area contributed by atoms with E-state index in [-0.39, 0.29) is 5.75 Å². The summed E-state index contributed by atoms with van der Waals surface area (Å²) in [4.78, 5) is 0. The first-order chi connectivity index (χ1) is 8.20. The van der Waals surface area contributed by atoms with Crippen LogP contribution in [-0.2, 0) is 6.42 Å². The smallest absolute Gasteiger partial charge is 0.165 e. The van der Waals surface area contributed by atoms with Crippen molar-refractivity contribution in [2.75, 3.05) is 7.11 Å². The molecule has 1 unspecified atom stereocenters. The lowest BCUT2D eigenvalue weighted by atomic mass is 10.0. The molecule has 0 radical (unpaired) electrons. The number of hydrogen-bond acceptors (Lipinski definition) is 3. The van der Waals surface area contributed by atoms with Gasteiger partial charge < -0.3 is 9.84 Å². The largest absolute Gasteiger partial charge is 0.494 e. The topological polar surface area (TPSA) is 29.5 Å². The maximum absolute atomic E-state index is 13.2. The van der Waals surface area contributed by atoms with Crippen molar-refractivity contribution in [3.05, 3.63) is 52.0 Å². The molecule has 0 saturated heterocycles. The molecule has 0 aliphatic heterocycles. The van der Waals surface area contributed by atoms with Gasteiger partial charge in [-0.1, -0.05) is 6.07 Å². The van der Waals surface area contributed by atoms with Crippen LogP contribution in [0.5, 0.6) is 5.75 Å². The number of aliphatic hydroxyl groups is 1. The first-order valence-corrected chi connectivity index (χ1v) is 6.17. The minimum Gasteiger partial charge on any atom is -0.494 e. The van der Waals surface area contributed by atoms with E-state index in [0.29, 0.717) is 12.0 Å². The SMILES string of the molecule is COc1cc(C(O)Cc2ccsc2)ccc1F. The summed E-state index contributed by atoms with van der Waals surface area (Å²) >= 11 is 1.59. The summed E-state index contributed by atoms with van der Waals surface area (Å²) in [5, 5.41) is 14.0. The number of thiophene rings is 1. The zero-order valence-electron chi connectivity index (χ0n) is 9.39. The van der Waals surface area contributed by atoms with Crippen LogP contribution in [0.15, 0.2) is 35.0 Å². The summed E-state index contributed by atoms with van der Waals surface area (Å²) < 4.78 is 18.1. The monoisotopic (exact) mass is 252 g/mol. The van der Waals surface area contributed by atoms with Crippen LogP contribution in [0.3, 0.4) is 0 Å². The normalized spacial score (nSPS) is 12.4. The molecule has 1 N–H and O–H groups in total. The lowest BCUT2D eigenvalue weighted by Gasteiger charge is -2.11. The highest BCUT2D eigenvalue weighted by atomic mass is 32.1. The van der Waals surface area contributed by atoms with Crippen LogP contribution in [0.1, 0.15) is 17.2 Å². The average Bonchev–Trinajstić information content (AvgIpc) is 2.82. The van der Waals surface area contributed by atoms with Crippen molar-refractivity contribution in [2.24, 2.45) is 0 Å². The summed E-state index contributed by atoms with van der Waals surface area (Å²) in [5.41, 5.74) is 1.74. The van der Waals surface area contributed by atoms with Crippen LogP contribution < -0.4 is 4.74 Å². The maximum atomic E-state index is 13.2. The molecule has 2 aromatic rings. The second-order valence-electron chi connectivity index (χ2n) is 3.75. The summed E-state index contributed by atoms with van der Waals surface area (Å²) in [6, 6.07) is 6.39. The van der Waals surface area contributed by atoms with E-state index in [4.69, 9.17) is 4.74 Å². The molecule has 0 aliphatic rings. The number of aliphatic hydroxyl groups excluding tert-OH is 1. The van der Waals surface area contributed by atoms with Crippen LogP contribution in [0.25, 0.3) is 0 Å². The molecule has 2 nitrogen and oxygen atoms in total. The molecule has 0 spiro atoms. The van der Waals surface area contributed by atoms with Crippen LogP contribution in [0.4, 0.5) is 4.39 Å². The second kappa shape index (κ2) is 5.29. The molecular formula is C13H13FO2S. The zero-order chi connectivity index (χ0) is 12.3. The van der Waals surface area contributed by atoms with E-state index in [2.05, 4.69) is 0 Å². The third-order valence-electron chi connectivity index (χ3n) is 2.57. The number of benzene rings is 1. The van der Waals surface area contributed by atoms with E-state index in [1.54, 1.807) is 17.4 Å². The summed E-state index contributed by atoms with van der Waals surface area (Å²) in [6.07, 6.45) is -0.114. The average molecular weight is 252 g/mol. The molecule has 0 bridgehead atoms. The van der Waals surface area contributed by atoms with Crippen molar-refractivity contribution in [1.82, 2.24) is 0 Å². The van der Waals surface area contributed by atoms with Gasteiger partial charge in [0.25, 0.3) is 0 Å². The van der Waals surface area contributed by atoms with E-state index in [9.17, 15) is 9.50 Å². The summed E-state index contributed by atoms with van der Waals surface area (Å²) in [6.45, 7) is 0. The van der Waals surface area contributed by atoms with Crippen molar-refractivity contribution in [1.29, 1.82) is 0 Å². The van der Waals surface area contributed by atoms with Gasteiger partial charge >= 0.3 is 0 Å². The quantitative estimate of drug-likeness (QED) is 0.905. The Morgan fingerprint density at radius 1 is 1.41 bits per heavy atom. The molecule has 0 aliphatic carbocycles. The molecular weight excluding hydrogens is 239 g/mol. The third kappa shape index (κ3) is 2.84. The van der Waals surface area contributed by atoms with Crippen molar-refractivity contribution in [3.8, 4) is 5.75 Å². The predicted molar refractivity (Wildman–Crippen MR) is 65.9 cm³/mol. The van der Waals surface area contributed by atoms with E-state index in [1.165, 1.54) is 19.2 Å². The van der Waals surface area contributed by atoms with Crippen LogP contribution in [0.2, 0.25) is 0 Å². The van der Waals surface area contributed by atoms with Gasteiger partial charge in [0.15, 0.2) is 11.6 Å². The van der Waals surface area contributed by atoms with Gasteiger partial charge in [-0.2, -0.15) is 11.3 Å². The van der Waals surface area contributed by atoms with E-state index in [1.807, 2.05) is 16.8 Å². The molecule has 17 heavy (non-hydrogen) atoms. The summed E-state index contributed by atoms with van der Waals surface area (Å²) in [5.74, 6) is -0.258. The summed E-state index contributed by atoms with van der Waals surface area (Å²) in [7, 11) is 1.41. The lowest BCUT2D eigenvalue weighted by Crippen LogP contribution is -2.02. The highest BCUT2D eigenvalue weighted by Crippen LogP contribution is 2.25. The van der Waals surface area contributed by atoms with E-state index < -0.39 is 11.9 Å². The minimum atomic E-state index is -0.640. The van der Waals surface area contributed by atoms with Gasteiger partial charge in [-0.15, -0.1) is 0 Å². The van der Waals surface area contributed by atoms with Crippen molar-refractivity contribution in [3.63, 3.8) is 0 Å². The molecule has 4 heteroatoms. The highest BCUT2D eigenvalue weighted by molar-refractivity contribution is 7.07. The first-order valence-electron chi connectivity index (χ1n) is 5.23. The fourth-order valence-corrected chi connectivity index (χ4v) is 2.32. The Kier molecular flexibility index (Phi) is 3.76. The Morgan fingerprint density at radius 2 is 2.24 bits per heavy atom. The number of hydrogen-bond donors (Lipinski definition) is 1. The fourth-order valence-electron chi connectivity index (χ4n) is 1.63. The molecule has 2 rings (SSSR count). The van der Waals surface area contributed by atoms with Gasteiger partial charge in [-0.05, 0) is 40.1 Å².